The van der Waals surface area contributed by atoms with Crippen LogP contribution in [-0.2, 0) is 14.3 Å². The van der Waals surface area contributed by atoms with Crippen LogP contribution < -0.4 is 0 Å². The van der Waals surface area contributed by atoms with Crippen molar-refractivity contribution >= 4 is 17.9 Å². The second-order valence-electron chi connectivity index (χ2n) is 7.45. The summed E-state index contributed by atoms with van der Waals surface area (Å²) in [6, 6.07) is 16.4. The zero-order valence-electron chi connectivity index (χ0n) is 15.8. The highest BCUT2D eigenvalue weighted by molar-refractivity contribution is 6.14. The summed E-state index contributed by atoms with van der Waals surface area (Å²) in [5.41, 5.74) is 5.93. The third kappa shape index (κ3) is 3.95. The molecule has 1 aliphatic heterocycles. The number of rotatable bonds is 2. The first-order valence-electron chi connectivity index (χ1n) is 9.40. The number of Topliss-reactive ketones (excluding diaryl/α,β-unsaturated/α-hetero) is 1. The molecule has 0 aromatic heterocycles. The minimum atomic E-state index is -0.707. The third-order valence-corrected chi connectivity index (χ3v) is 5.15. The van der Waals surface area contributed by atoms with Gasteiger partial charge in [-0.25, -0.2) is 0 Å². The monoisotopic (exact) mass is 360 g/mol. The number of carbonyl (C=O) groups is 1. The lowest BCUT2D eigenvalue weighted by Gasteiger charge is -2.33. The third-order valence-electron chi connectivity index (χ3n) is 5.15. The molecule has 4 rings (SSSR count). The van der Waals surface area contributed by atoms with E-state index in [1.54, 1.807) is 0 Å². The van der Waals surface area contributed by atoms with Gasteiger partial charge in [-0.3, -0.25) is 4.79 Å². The number of ether oxygens (including phenoxy) is 2. The van der Waals surface area contributed by atoms with E-state index in [-0.39, 0.29) is 5.78 Å². The molecular formula is C24H24O3. The molecule has 2 aromatic carbocycles. The van der Waals surface area contributed by atoms with Gasteiger partial charge in [-0.15, -0.1) is 0 Å². The highest BCUT2D eigenvalue weighted by Crippen LogP contribution is 2.40. The fourth-order valence-corrected chi connectivity index (χ4v) is 3.67. The van der Waals surface area contributed by atoms with Crippen LogP contribution in [0, 0.1) is 13.8 Å². The lowest BCUT2D eigenvalue weighted by atomic mass is 9.82. The molecule has 2 aromatic rings. The highest BCUT2D eigenvalue weighted by atomic mass is 16.7. The van der Waals surface area contributed by atoms with Crippen LogP contribution in [0.25, 0.3) is 12.2 Å². The maximum Gasteiger partial charge on any atom is 0.185 e. The van der Waals surface area contributed by atoms with E-state index in [0.29, 0.717) is 26.1 Å². The molecule has 1 spiro atoms. The molecule has 0 unspecified atom stereocenters. The largest absolute Gasteiger partial charge is 0.347 e. The van der Waals surface area contributed by atoms with E-state index >= 15 is 0 Å². The molecule has 1 saturated carbocycles. The van der Waals surface area contributed by atoms with Gasteiger partial charge in [0.25, 0.3) is 0 Å². The summed E-state index contributed by atoms with van der Waals surface area (Å²) in [7, 11) is 0. The summed E-state index contributed by atoms with van der Waals surface area (Å²) in [6.07, 6.45) is 4.92. The normalized spacial score (nSPS) is 22.1. The van der Waals surface area contributed by atoms with E-state index in [2.05, 4.69) is 38.1 Å². The Kier molecular flexibility index (Phi) is 4.81. The summed E-state index contributed by atoms with van der Waals surface area (Å²) in [5.74, 6) is -0.623. The van der Waals surface area contributed by atoms with Gasteiger partial charge in [0, 0.05) is 24.0 Å². The summed E-state index contributed by atoms with van der Waals surface area (Å²) in [4.78, 5) is 13.2. The fourth-order valence-electron chi connectivity index (χ4n) is 3.67. The van der Waals surface area contributed by atoms with Gasteiger partial charge in [0.1, 0.15) is 0 Å². The van der Waals surface area contributed by atoms with Gasteiger partial charge >= 0.3 is 0 Å². The average Bonchev–Trinajstić information content (AvgIpc) is 3.10. The van der Waals surface area contributed by atoms with Gasteiger partial charge < -0.3 is 9.47 Å². The number of benzene rings is 2. The van der Waals surface area contributed by atoms with E-state index in [0.717, 1.165) is 22.3 Å². The summed E-state index contributed by atoms with van der Waals surface area (Å²) < 4.78 is 11.9. The van der Waals surface area contributed by atoms with E-state index < -0.39 is 5.79 Å². The molecule has 0 atom stereocenters. The van der Waals surface area contributed by atoms with Crippen molar-refractivity contribution in [3.05, 3.63) is 81.9 Å². The van der Waals surface area contributed by atoms with Gasteiger partial charge in [0.05, 0.1) is 13.2 Å². The summed E-state index contributed by atoms with van der Waals surface area (Å²) in [6.45, 7) is 5.26. The molecule has 0 radical (unpaired) electrons. The fraction of sp³-hybridized carbons (Fsp3) is 0.292. The molecule has 0 amide bonds. The Hall–Kier alpha value is -2.49. The lowest BCUT2D eigenvalue weighted by molar-refractivity contribution is -0.161. The molecule has 2 aliphatic rings. The summed E-state index contributed by atoms with van der Waals surface area (Å²) in [5, 5.41) is 0. The number of hydrogen-bond acceptors (Lipinski definition) is 3. The Morgan fingerprint density at radius 1 is 0.741 bits per heavy atom. The minimum absolute atomic E-state index is 0.0841. The van der Waals surface area contributed by atoms with Gasteiger partial charge in [-0.05, 0) is 37.1 Å². The van der Waals surface area contributed by atoms with Gasteiger partial charge in [-0.2, -0.15) is 0 Å². The molecule has 3 nitrogen and oxygen atoms in total. The van der Waals surface area contributed by atoms with E-state index in [1.165, 1.54) is 11.1 Å². The Labute approximate surface area is 160 Å². The van der Waals surface area contributed by atoms with Gasteiger partial charge in [0.2, 0.25) is 0 Å². The molecule has 0 bridgehead atoms. The molecule has 0 N–H and O–H groups in total. The van der Waals surface area contributed by atoms with Crippen molar-refractivity contribution in [3.8, 4) is 0 Å². The zero-order valence-corrected chi connectivity index (χ0v) is 15.8. The Morgan fingerprint density at radius 3 is 1.56 bits per heavy atom. The zero-order chi connectivity index (χ0) is 18.9. The Morgan fingerprint density at radius 2 is 1.15 bits per heavy atom. The van der Waals surface area contributed by atoms with Crippen molar-refractivity contribution in [1.82, 2.24) is 0 Å². The van der Waals surface area contributed by atoms with Crippen molar-refractivity contribution in [2.75, 3.05) is 13.2 Å². The number of aryl methyl sites for hydroxylation is 2. The molecule has 1 heterocycles. The standard InChI is InChI=1S/C24H24O3/c1-17-3-7-19(8-4-17)13-21-15-24(26-11-12-27-24)16-22(23(21)25)14-20-9-5-18(2)6-10-20/h3-10,13-14H,11-12,15-16H2,1-2H3/b21-13+,22-14+. The van der Waals surface area contributed by atoms with Crippen molar-refractivity contribution in [2.24, 2.45) is 0 Å². The molecule has 138 valence electrons. The molecule has 1 saturated heterocycles. The molecule has 2 fully saturated rings. The van der Waals surface area contributed by atoms with Crippen molar-refractivity contribution in [2.45, 2.75) is 32.5 Å². The Balaban J connectivity index is 1.71. The van der Waals surface area contributed by atoms with Gasteiger partial charge in [-0.1, -0.05) is 59.7 Å². The highest BCUT2D eigenvalue weighted by Gasteiger charge is 2.44. The Bertz CT molecular complexity index is 826. The van der Waals surface area contributed by atoms with E-state index in [4.69, 9.17) is 9.47 Å². The first-order chi connectivity index (χ1) is 13.0. The molecule has 3 heteroatoms. The van der Waals surface area contributed by atoms with Crippen LogP contribution in [0.1, 0.15) is 35.1 Å². The number of carbonyl (C=O) groups excluding carboxylic acids is 1. The second-order valence-corrected chi connectivity index (χ2v) is 7.45. The van der Waals surface area contributed by atoms with Crippen LogP contribution in [0.5, 0.6) is 0 Å². The van der Waals surface area contributed by atoms with Gasteiger partial charge in [0.15, 0.2) is 11.6 Å². The van der Waals surface area contributed by atoms with Crippen LogP contribution in [0.4, 0.5) is 0 Å². The van der Waals surface area contributed by atoms with Crippen molar-refractivity contribution < 1.29 is 14.3 Å². The number of ketones is 1. The summed E-state index contributed by atoms with van der Waals surface area (Å²) >= 11 is 0. The van der Waals surface area contributed by atoms with Crippen LogP contribution in [0.3, 0.4) is 0 Å². The second kappa shape index (κ2) is 7.26. The molecule has 1 aliphatic carbocycles. The predicted octanol–water partition coefficient (Wildman–Crippen LogP) is 4.88. The van der Waals surface area contributed by atoms with Crippen LogP contribution in [0.2, 0.25) is 0 Å². The number of hydrogen-bond donors (Lipinski definition) is 0. The predicted molar refractivity (Wildman–Crippen MR) is 107 cm³/mol. The van der Waals surface area contributed by atoms with Crippen LogP contribution in [-0.4, -0.2) is 24.8 Å². The first-order valence-corrected chi connectivity index (χ1v) is 9.40. The topological polar surface area (TPSA) is 35.5 Å². The van der Waals surface area contributed by atoms with Crippen LogP contribution in [0.15, 0.2) is 59.7 Å². The molecular weight excluding hydrogens is 336 g/mol. The maximum atomic E-state index is 13.2. The average molecular weight is 360 g/mol. The maximum absolute atomic E-state index is 13.2. The van der Waals surface area contributed by atoms with E-state index in [9.17, 15) is 4.79 Å². The minimum Gasteiger partial charge on any atom is -0.347 e. The smallest absolute Gasteiger partial charge is 0.185 e. The van der Waals surface area contributed by atoms with E-state index in [1.807, 2.05) is 36.4 Å². The SMILES string of the molecule is Cc1ccc(/C=C2\CC3(C/C(=C\c4ccc(C)cc4)C2=O)OCCO3)cc1. The molecule has 27 heavy (non-hydrogen) atoms. The van der Waals surface area contributed by atoms with Crippen molar-refractivity contribution in [1.29, 1.82) is 0 Å². The lowest BCUT2D eigenvalue weighted by Crippen LogP contribution is -2.38. The van der Waals surface area contributed by atoms with Crippen molar-refractivity contribution in [3.63, 3.8) is 0 Å². The first kappa shape index (κ1) is 17.9. The quantitative estimate of drug-likeness (QED) is 0.716. The van der Waals surface area contributed by atoms with Crippen LogP contribution >= 0.6 is 0 Å².